The Morgan fingerprint density at radius 2 is 1.71 bits per heavy atom. The van der Waals surface area contributed by atoms with E-state index in [1.165, 1.54) is 51.6 Å². The third kappa shape index (κ3) is 3.94. The minimum absolute atomic E-state index is 0.530. The van der Waals surface area contributed by atoms with E-state index >= 15 is 0 Å². The van der Waals surface area contributed by atoms with Crippen molar-refractivity contribution >= 4 is 0 Å². The lowest BCUT2D eigenvalue weighted by atomic mass is 9.79. The van der Waals surface area contributed by atoms with Crippen LogP contribution in [-0.4, -0.2) is 51.3 Å². The van der Waals surface area contributed by atoms with Gasteiger partial charge in [-0.1, -0.05) is 25.7 Å². The summed E-state index contributed by atoms with van der Waals surface area (Å²) in [7, 11) is 2.10. The zero-order valence-corrected chi connectivity index (χ0v) is 11.3. The van der Waals surface area contributed by atoms with Gasteiger partial charge in [0.05, 0.1) is 13.2 Å². The fourth-order valence-electron chi connectivity index (χ4n) is 3.48. The summed E-state index contributed by atoms with van der Waals surface area (Å²) in [4.78, 5) is 2.62. The van der Waals surface area contributed by atoms with Crippen LogP contribution in [0.1, 0.15) is 38.5 Å². The molecule has 0 amide bonds. The lowest BCUT2D eigenvalue weighted by molar-refractivity contribution is 0.0126. The third-order valence-corrected chi connectivity index (χ3v) is 4.38. The highest BCUT2D eigenvalue weighted by Crippen LogP contribution is 2.35. The molecule has 0 unspecified atom stereocenters. The van der Waals surface area contributed by atoms with E-state index in [9.17, 15) is 0 Å². The molecule has 17 heavy (non-hydrogen) atoms. The molecule has 1 aliphatic carbocycles. The van der Waals surface area contributed by atoms with Gasteiger partial charge in [0.1, 0.15) is 0 Å². The van der Waals surface area contributed by atoms with Crippen molar-refractivity contribution in [1.29, 1.82) is 0 Å². The van der Waals surface area contributed by atoms with E-state index in [0.29, 0.717) is 5.41 Å². The van der Waals surface area contributed by atoms with Crippen LogP contribution in [0.4, 0.5) is 0 Å². The lowest BCUT2D eigenvalue weighted by Crippen LogP contribution is -2.47. The molecule has 0 bridgehead atoms. The van der Waals surface area contributed by atoms with E-state index in [1.54, 1.807) is 0 Å². The van der Waals surface area contributed by atoms with E-state index in [0.717, 1.165) is 26.3 Å². The van der Waals surface area contributed by atoms with Crippen molar-refractivity contribution in [3.05, 3.63) is 0 Å². The van der Waals surface area contributed by atoms with Crippen molar-refractivity contribution in [2.75, 3.05) is 46.4 Å². The molecule has 1 heterocycles. The van der Waals surface area contributed by atoms with Gasteiger partial charge in [-0.15, -0.1) is 0 Å². The van der Waals surface area contributed by atoms with E-state index in [1.807, 2.05) is 0 Å². The molecule has 2 rings (SSSR count). The molecule has 0 atom stereocenters. The van der Waals surface area contributed by atoms with Crippen molar-refractivity contribution in [1.82, 2.24) is 10.2 Å². The standard InChI is InChI=1S/C14H28N2O/c1-15-12-14(6-4-2-3-5-7-14)13-16-8-10-17-11-9-16/h15H,2-13H2,1H3. The van der Waals surface area contributed by atoms with Gasteiger partial charge in [0.15, 0.2) is 0 Å². The van der Waals surface area contributed by atoms with Crippen LogP contribution in [0.2, 0.25) is 0 Å². The van der Waals surface area contributed by atoms with E-state index < -0.39 is 0 Å². The lowest BCUT2D eigenvalue weighted by Gasteiger charge is -2.39. The minimum Gasteiger partial charge on any atom is -0.379 e. The molecule has 100 valence electrons. The average molecular weight is 240 g/mol. The largest absolute Gasteiger partial charge is 0.379 e. The Labute approximate surface area is 106 Å². The molecule has 1 N–H and O–H groups in total. The van der Waals surface area contributed by atoms with Crippen LogP contribution in [-0.2, 0) is 4.74 Å². The zero-order chi connectivity index (χ0) is 12.0. The first-order chi connectivity index (χ1) is 8.35. The fraction of sp³-hybridized carbons (Fsp3) is 1.00. The Morgan fingerprint density at radius 1 is 1.06 bits per heavy atom. The molecule has 3 nitrogen and oxygen atoms in total. The van der Waals surface area contributed by atoms with Crippen LogP contribution in [0.25, 0.3) is 0 Å². The smallest absolute Gasteiger partial charge is 0.0594 e. The highest BCUT2D eigenvalue weighted by atomic mass is 16.5. The first-order valence-corrected chi connectivity index (χ1v) is 7.29. The van der Waals surface area contributed by atoms with Crippen LogP contribution in [0, 0.1) is 5.41 Å². The molecule has 0 aromatic heterocycles. The third-order valence-electron chi connectivity index (χ3n) is 4.38. The second-order valence-corrected chi connectivity index (χ2v) is 5.83. The Bertz CT molecular complexity index is 206. The number of hydrogen-bond acceptors (Lipinski definition) is 3. The van der Waals surface area contributed by atoms with Crippen LogP contribution < -0.4 is 5.32 Å². The van der Waals surface area contributed by atoms with Gasteiger partial charge >= 0.3 is 0 Å². The predicted molar refractivity (Wildman–Crippen MR) is 71.3 cm³/mol. The van der Waals surface area contributed by atoms with Crippen LogP contribution in [0.15, 0.2) is 0 Å². The van der Waals surface area contributed by atoms with Gasteiger partial charge in [0.25, 0.3) is 0 Å². The van der Waals surface area contributed by atoms with Gasteiger partial charge in [0, 0.05) is 26.2 Å². The Morgan fingerprint density at radius 3 is 2.29 bits per heavy atom. The molecule has 2 fully saturated rings. The number of rotatable bonds is 4. The number of ether oxygens (including phenoxy) is 1. The van der Waals surface area contributed by atoms with Crippen molar-refractivity contribution in [2.45, 2.75) is 38.5 Å². The summed E-state index contributed by atoms with van der Waals surface area (Å²) in [5.41, 5.74) is 0.530. The first-order valence-electron chi connectivity index (χ1n) is 7.29. The van der Waals surface area contributed by atoms with Crippen LogP contribution in [0.3, 0.4) is 0 Å². The van der Waals surface area contributed by atoms with Gasteiger partial charge in [-0.2, -0.15) is 0 Å². The van der Waals surface area contributed by atoms with Gasteiger partial charge in [-0.05, 0) is 25.3 Å². The molecule has 1 saturated carbocycles. The molecule has 1 saturated heterocycles. The van der Waals surface area contributed by atoms with Gasteiger partial charge in [-0.25, -0.2) is 0 Å². The summed E-state index contributed by atoms with van der Waals surface area (Å²) in [5, 5.41) is 3.44. The van der Waals surface area contributed by atoms with Crippen LogP contribution in [0.5, 0.6) is 0 Å². The summed E-state index contributed by atoms with van der Waals surface area (Å²) in [6, 6.07) is 0. The molecular weight excluding hydrogens is 212 g/mol. The number of nitrogens with one attached hydrogen (secondary N) is 1. The second kappa shape index (κ2) is 6.72. The molecular formula is C14H28N2O. The molecule has 2 aliphatic rings. The topological polar surface area (TPSA) is 24.5 Å². The summed E-state index contributed by atoms with van der Waals surface area (Å²) in [6.07, 6.45) is 8.54. The highest BCUT2D eigenvalue weighted by Gasteiger charge is 2.32. The highest BCUT2D eigenvalue weighted by molar-refractivity contribution is 4.87. The van der Waals surface area contributed by atoms with E-state index in [4.69, 9.17) is 4.74 Å². The number of nitrogens with zero attached hydrogens (tertiary/aromatic N) is 1. The summed E-state index contributed by atoms with van der Waals surface area (Å²) >= 11 is 0. The molecule has 0 aromatic carbocycles. The average Bonchev–Trinajstić information content (AvgIpc) is 2.57. The maximum atomic E-state index is 5.45. The Hall–Kier alpha value is -0.120. The van der Waals surface area contributed by atoms with Gasteiger partial charge < -0.3 is 10.1 Å². The minimum atomic E-state index is 0.530. The molecule has 0 radical (unpaired) electrons. The van der Waals surface area contributed by atoms with Gasteiger partial charge in [-0.3, -0.25) is 4.90 Å². The molecule has 3 heteroatoms. The van der Waals surface area contributed by atoms with Gasteiger partial charge in [0.2, 0.25) is 0 Å². The quantitative estimate of drug-likeness (QED) is 0.759. The summed E-state index contributed by atoms with van der Waals surface area (Å²) < 4.78 is 5.45. The Balaban J connectivity index is 1.93. The molecule has 1 aliphatic heterocycles. The molecule has 0 aromatic rings. The fourth-order valence-corrected chi connectivity index (χ4v) is 3.48. The number of hydrogen-bond donors (Lipinski definition) is 1. The molecule has 0 spiro atoms. The van der Waals surface area contributed by atoms with E-state index in [2.05, 4.69) is 17.3 Å². The zero-order valence-electron chi connectivity index (χ0n) is 11.3. The van der Waals surface area contributed by atoms with Crippen molar-refractivity contribution in [2.24, 2.45) is 5.41 Å². The summed E-state index contributed by atoms with van der Waals surface area (Å²) in [6.45, 7) is 6.57. The SMILES string of the molecule is CNCC1(CN2CCOCC2)CCCCCC1. The number of morpholine rings is 1. The maximum absolute atomic E-state index is 5.45. The van der Waals surface area contributed by atoms with Crippen molar-refractivity contribution < 1.29 is 4.74 Å². The monoisotopic (exact) mass is 240 g/mol. The maximum Gasteiger partial charge on any atom is 0.0594 e. The van der Waals surface area contributed by atoms with Crippen molar-refractivity contribution in [3.63, 3.8) is 0 Å². The van der Waals surface area contributed by atoms with Crippen molar-refractivity contribution in [3.8, 4) is 0 Å². The predicted octanol–water partition coefficient (Wildman–Crippen LogP) is 1.88. The van der Waals surface area contributed by atoms with Crippen LogP contribution >= 0.6 is 0 Å². The second-order valence-electron chi connectivity index (χ2n) is 5.83. The van der Waals surface area contributed by atoms with E-state index in [-0.39, 0.29) is 0 Å². The normalized spacial score (nSPS) is 26.6. The first kappa shape index (κ1) is 13.3. The summed E-state index contributed by atoms with van der Waals surface area (Å²) in [5.74, 6) is 0. The Kier molecular flexibility index (Phi) is 5.26.